The van der Waals surface area contributed by atoms with Crippen molar-refractivity contribution in [1.29, 1.82) is 0 Å². The summed E-state index contributed by atoms with van der Waals surface area (Å²) in [6.45, 7) is 6.79. The molecule has 3 aromatic carbocycles. The van der Waals surface area contributed by atoms with E-state index in [1.165, 1.54) is 14.2 Å². The van der Waals surface area contributed by atoms with Crippen molar-refractivity contribution < 1.29 is 38.1 Å². The Kier molecular flexibility index (Phi) is 17.6. The highest BCUT2D eigenvalue weighted by molar-refractivity contribution is 6.00. The third-order valence-electron chi connectivity index (χ3n) is 9.26. The van der Waals surface area contributed by atoms with Gasteiger partial charge in [0.25, 0.3) is 5.91 Å². The van der Waals surface area contributed by atoms with E-state index in [9.17, 15) is 14.4 Å². The molecule has 0 spiro atoms. The number of nitrogens with one attached hydrogen (secondary N) is 2. The monoisotopic (exact) mass is 778 g/mol. The van der Waals surface area contributed by atoms with Gasteiger partial charge in [0.05, 0.1) is 44.3 Å². The highest BCUT2D eigenvalue weighted by atomic mass is 16.5. The van der Waals surface area contributed by atoms with Crippen molar-refractivity contribution in [2.24, 2.45) is 9.98 Å². The van der Waals surface area contributed by atoms with Gasteiger partial charge in [0.15, 0.2) is 23.0 Å². The lowest BCUT2D eigenvalue weighted by molar-refractivity contribution is -0.140. The van der Waals surface area contributed by atoms with E-state index in [4.69, 9.17) is 23.7 Å². The smallest absolute Gasteiger partial charge is 0.305 e. The molecule has 12 heteroatoms. The Bertz CT molecular complexity index is 2000. The molecular weight excluding hydrogens is 725 g/mol. The van der Waals surface area contributed by atoms with Gasteiger partial charge in [-0.05, 0) is 106 Å². The van der Waals surface area contributed by atoms with Crippen LogP contribution in [0.2, 0.25) is 0 Å². The number of methoxy groups -OCH3 is 3. The number of ether oxygens (including phenoxy) is 5. The number of hydrogen-bond donors (Lipinski definition) is 2. The van der Waals surface area contributed by atoms with Gasteiger partial charge in [-0.3, -0.25) is 24.4 Å². The fraction of sp³-hybridized carbons (Fsp3) is 0.356. The standard InChI is InChI=1S/C45H54N4O8/c1-7-31(3)19-37(49-30-50)27-47-36-16-17-40(53-4)42(23-36)56-28-34-20-33(13-10-9-11-15-44(51)55-6)21-35(22-34)29-57-43-25-39-38(24-41(43)54-5)45(52)48-26-32(8-2)14-12-18-46-39/h7-8,10,13,16-18,20-25,27,30,37H,9,11-12,14-15,19,26,28-29H2,1-6H3,(H,48,52)(H,49,50)/b13-10?,31-7-,32-8+,46-18?,47-27?. The van der Waals surface area contributed by atoms with Crippen LogP contribution in [0.3, 0.4) is 0 Å². The van der Waals surface area contributed by atoms with E-state index in [1.807, 2.05) is 75.6 Å². The van der Waals surface area contributed by atoms with Gasteiger partial charge >= 0.3 is 5.97 Å². The van der Waals surface area contributed by atoms with Crippen LogP contribution in [0.1, 0.15) is 86.3 Å². The molecule has 0 aromatic heterocycles. The molecule has 12 nitrogen and oxygen atoms in total. The summed E-state index contributed by atoms with van der Waals surface area (Å²) in [5, 5.41) is 5.79. The second-order valence-corrected chi connectivity index (χ2v) is 13.4. The minimum atomic E-state index is -0.259. The highest BCUT2D eigenvalue weighted by Crippen LogP contribution is 2.36. The van der Waals surface area contributed by atoms with Crippen LogP contribution in [0.5, 0.6) is 23.0 Å². The first-order chi connectivity index (χ1) is 27.7. The Balaban J connectivity index is 1.59. The number of benzene rings is 3. The van der Waals surface area contributed by atoms with E-state index in [2.05, 4.69) is 20.6 Å². The zero-order valence-corrected chi connectivity index (χ0v) is 33.8. The summed E-state index contributed by atoms with van der Waals surface area (Å²) in [7, 11) is 4.50. The molecule has 1 aliphatic heterocycles. The maximum atomic E-state index is 13.2. The molecule has 0 bridgehead atoms. The van der Waals surface area contributed by atoms with Gasteiger partial charge in [0.1, 0.15) is 13.2 Å². The lowest BCUT2D eigenvalue weighted by Gasteiger charge is -2.17. The van der Waals surface area contributed by atoms with Gasteiger partial charge in [-0.2, -0.15) is 0 Å². The Morgan fingerprint density at radius 1 is 0.965 bits per heavy atom. The quantitative estimate of drug-likeness (QED) is 0.0405. The summed E-state index contributed by atoms with van der Waals surface area (Å²) in [5.74, 6) is 1.42. The molecule has 0 radical (unpaired) electrons. The summed E-state index contributed by atoms with van der Waals surface area (Å²) < 4.78 is 28.7. The number of amides is 2. The molecule has 1 aliphatic rings. The van der Waals surface area contributed by atoms with Gasteiger partial charge in [0.2, 0.25) is 6.41 Å². The van der Waals surface area contributed by atoms with E-state index in [1.54, 1.807) is 37.6 Å². The fourth-order valence-electron chi connectivity index (χ4n) is 5.95. The Labute approximate surface area is 335 Å². The van der Waals surface area contributed by atoms with Gasteiger partial charge in [-0.1, -0.05) is 35.5 Å². The lowest BCUT2D eigenvalue weighted by atomic mass is 10.0. The lowest BCUT2D eigenvalue weighted by Crippen LogP contribution is -2.29. The van der Waals surface area contributed by atoms with Gasteiger partial charge in [-0.15, -0.1) is 0 Å². The molecule has 0 saturated carbocycles. The minimum absolute atomic E-state index is 0.183. The first-order valence-electron chi connectivity index (χ1n) is 19.0. The van der Waals surface area contributed by atoms with Gasteiger partial charge in [0, 0.05) is 37.5 Å². The number of hydrogen-bond acceptors (Lipinski definition) is 10. The molecule has 1 heterocycles. The SMILES string of the molecule is C/C=C(/C)CC(C=Nc1ccc(OC)c(OCc2cc(C=CCCCC(=O)OC)cc(COc3cc4c(cc3OC)C(=O)NC/C(=C/C)CCC=N4)c2)c1)NC=O. The summed E-state index contributed by atoms with van der Waals surface area (Å²) >= 11 is 0. The maximum absolute atomic E-state index is 13.2. The maximum Gasteiger partial charge on any atom is 0.305 e. The van der Waals surface area contributed by atoms with E-state index in [0.29, 0.717) is 78.6 Å². The van der Waals surface area contributed by atoms with Crippen molar-refractivity contribution in [3.05, 3.63) is 100 Å². The van der Waals surface area contributed by atoms with E-state index >= 15 is 0 Å². The van der Waals surface area contributed by atoms with Crippen molar-refractivity contribution in [3.63, 3.8) is 0 Å². The number of allylic oxidation sites excluding steroid dienone is 3. The van der Waals surface area contributed by atoms with Gasteiger partial charge in [-0.25, -0.2) is 0 Å². The largest absolute Gasteiger partial charge is 0.493 e. The minimum Gasteiger partial charge on any atom is -0.493 e. The molecule has 3 aromatic rings. The molecular formula is C45H54N4O8. The zero-order valence-electron chi connectivity index (χ0n) is 33.8. The summed E-state index contributed by atoms with van der Waals surface area (Å²) in [6.07, 6.45) is 16.2. The summed E-state index contributed by atoms with van der Waals surface area (Å²) in [6, 6.07) is 14.6. The molecule has 0 saturated heterocycles. The topological polar surface area (TPSA) is 146 Å². The predicted molar refractivity (Wildman–Crippen MR) is 225 cm³/mol. The van der Waals surface area contributed by atoms with Crippen LogP contribution in [0, 0.1) is 0 Å². The second kappa shape index (κ2) is 23.0. The number of carbonyl (C=O) groups excluding carboxylic acids is 3. The van der Waals surface area contributed by atoms with Gasteiger partial charge < -0.3 is 34.3 Å². The number of nitrogens with zero attached hydrogens (tertiary/aromatic N) is 2. The van der Waals surface area contributed by atoms with Crippen molar-refractivity contribution in [1.82, 2.24) is 10.6 Å². The summed E-state index contributed by atoms with van der Waals surface area (Å²) in [5.41, 5.74) is 6.46. The molecule has 0 aliphatic carbocycles. The van der Waals surface area contributed by atoms with Crippen LogP contribution in [-0.4, -0.2) is 64.6 Å². The number of rotatable bonds is 19. The fourth-order valence-corrected chi connectivity index (χ4v) is 5.95. The first kappa shape index (κ1) is 43.6. The molecule has 2 N–H and O–H groups in total. The van der Waals surface area contributed by atoms with E-state index < -0.39 is 0 Å². The predicted octanol–water partition coefficient (Wildman–Crippen LogP) is 8.56. The zero-order chi connectivity index (χ0) is 41.0. The van der Waals surface area contributed by atoms with Crippen LogP contribution in [0.15, 0.2) is 87.9 Å². The van der Waals surface area contributed by atoms with Crippen molar-refractivity contribution >= 4 is 48.2 Å². The third kappa shape index (κ3) is 13.8. The molecule has 1 unspecified atom stereocenters. The summed E-state index contributed by atoms with van der Waals surface area (Å²) in [4.78, 5) is 45.2. The molecule has 1 atom stereocenters. The molecule has 0 fully saturated rings. The highest BCUT2D eigenvalue weighted by Gasteiger charge is 2.19. The number of esters is 1. The average Bonchev–Trinajstić information content (AvgIpc) is 3.23. The van der Waals surface area contributed by atoms with E-state index in [0.717, 1.165) is 40.7 Å². The Morgan fingerprint density at radius 2 is 1.70 bits per heavy atom. The Hall–Kier alpha value is -6.17. The number of fused-ring (bicyclic) bond motifs is 1. The average molecular weight is 779 g/mol. The van der Waals surface area contributed by atoms with Crippen LogP contribution in [0.4, 0.5) is 11.4 Å². The van der Waals surface area contributed by atoms with E-state index in [-0.39, 0.29) is 31.1 Å². The van der Waals surface area contributed by atoms with Crippen molar-refractivity contribution in [2.45, 2.75) is 78.6 Å². The normalized spacial score (nSPS) is 14.5. The van der Waals surface area contributed by atoms with Crippen LogP contribution >= 0.6 is 0 Å². The van der Waals surface area contributed by atoms with Crippen molar-refractivity contribution in [3.8, 4) is 23.0 Å². The molecule has 2 amide bonds. The number of carbonyl (C=O) groups is 3. The molecule has 302 valence electrons. The first-order valence-corrected chi connectivity index (χ1v) is 19.0. The third-order valence-corrected chi connectivity index (χ3v) is 9.26. The number of aliphatic imine (C=N–C) groups is 2. The molecule has 4 rings (SSSR count). The Morgan fingerprint density at radius 3 is 2.37 bits per heavy atom. The van der Waals surface area contributed by atoms with Crippen LogP contribution in [0.25, 0.3) is 6.08 Å². The molecule has 57 heavy (non-hydrogen) atoms. The number of unbranched alkanes of at least 4 members (excludes halogenated alkanes) is 1. The van der Waals surface area contributed by atoms with Crippen LogP contribution < -0.4 is 29.6 Å². The van der Waals surface area contributed by atoms with Crippen molar-refractivity contribution in [2.75, 3.05) is 27.9 Å². The second-order valence-electron chi connectivity index (χ2n) is 13.4. The van der Waals surface area contributed by atoms with Crippen LogP contribution in [-0.2, 0) is 27.5 Å².